The molecule has 1 atom stereocenters. The third-order valence-corrected chi connectivity index (χ3v) is 6.68. The number of benzene rings is 2. The van der Waals surface area contributed by atoms with E-state index in [1.54, 1.807) is 30.2 Å². The lowest BCUT2D eigenvalue weighted by atomic mass is 10.1. The Morgan fingerprint density at radius 1 is 1.09 bits per heavy atom. The number of hydrogen-bond donors (Lipinski definition) is 1. The van der Waals surface area contributed by atoms with E-state index in [1.807, 2.05) is 38.1 Å². The van der Waals surface area contributed by atoms with Crippen molar-refractivity contribution in [3.63, 3.8) is 0 Å². The number of nitrogens with one attached hydrogen (secondary N) is 1. The Bertz CT molecular complexity index is 873. The van der Waals surface area contributed by atoms with Crippen LogP contribution in [0.25, 0.3) is 0 Å². The Morgan fingerprint density at radius 2 is 1.75 bits per heavy atom. The molecule has 0 saturated carbocycles. The van der Waals surface area contributed by atoms with Crippen molar-refractivity contribution in [1.82, 2.24) is 10.2 Å². The molecule has 0 aromatic heterocycles. The number of nitrogens with zero attached hydrogens (tertiary/aromatic N) is 1. The minimum Gasteiger partial charge on any atom is -0.497 e. The van der Waals surface area contributed by atoms with E-state index < -0.39 is 6.04 Å². The molecule has 5 nitrogen and oxygen atoms in total. The van der Waals surface area contributed by atoms with E-state index in [0.29, 0.717) is 34.3 Å². The van der Waals surface area contributed by atoms with Crippen LogP contribution >= 0.6 is 35.0 Å². The fourth-order valence-electron chi connectivity index (χ4n) is 3.20. The normalized spacial score (nSPS) is 11.7. The SMILES string of the molecule is CCCNC(=O)[C@H](CC)N(Cc1c(Cl)cccc1Cl)C(=O)CSCc1ccc(OC)cc1. The molecular weight excluding hydrogens is 467 g/mol. The third-order valence-electron chi connectivity index (χ3n) is 4.98. The average Bonchev–Trinajstić information content (AvgIpc) is 2.79. The first-order chi connectivity index (χ1) is 15.4. The monoisotopic (exact) mass is 496 g/mol. The van der Waals surface area contributed by atoms with Gasteiger partial charge in [0.25, 0.3) is 0 Å². The van der Waals surface area contributed by atoms with Crippen molar-refractivity contribution in [2.75, 3.05) is 19.4 Å². The fourth-order valence-corrected chi connectivity index (χ4v) is 4.59. The molecule has 32 heavy (non-hydrogen) atoms. The highest BCUT2D eigenvalue weighted by Crippen LogP contribution is 2.27. The van der Waals surface area contributed by atoms with Crippen LogP contribution in [-0.2, 0) is 21.9 Å². The maximum Gasteiger partial charge on any atom is 0.242 e. The Labute approximate surface area is 204 Å². The zero-order valence-electron chi connectivity index (χ0n) is 18.7. The summed E-state index contributed by atoms with van der Waals surface area (Å²) in [6.45, 7) is 4.63. The van der Waals surface area contributed by atoms with Crippen molar-refractivity contribution in [3.8, 4) is 5.75 Å². The molecule has 0 radical (unpaired) electrons. The molecule has 0 aliphatic heterocycles. The summed E-state index contributed by atoms with van der Waals surface area (Å²) in [5, 5.41) is 3.86. The van der Waals surface area contributed by atoms with E-state index >= 15 is 0 Å². The minimum atomic E-state index is -0.594. The van der Waals surface area contributed by atoms with Crippen LogP contribution in [0.15, 0.2) is 42.5 Å². The first-order valence-electron chi connectivity index (χ1n) is 10.6. The van der Waals surface area contributed by atoms with E-state index in [-0.39, 0.29) is 24.1 Å². The highest BCUT2D eigenvalue weighted by atomic mass is 35.5. The number of hydrogen-bond acceptors (Lipinski definition) is 4. The van der Waals surface area contributed by atoms with Crippen LogP contribution in [0.5, 0.6) is 5.75 Å². The quantitative estimate of drug-likeness (QED) is 0.417. The first-order valence-corrected chi connectivity index (χ1v) is 12.5. The van der Waals surface area contributed by atoms with Gasteiger partial charge in [0.05, 0.1) is 12.9 Å². The third kappa shape index (κ3) is 7.61. The second-order valence-corrected chi connectivity index (χ2v) is 9.08. The smallest absolute Gasteiger partial charge is 0.242 e. The first kappa shape index (κ1) is 26.4. The molecule has 0 bridgehead atoms. The van der Waals surface area contributed by atoms with Gasteiger partial charge in [0.15, 0.2) is 0 Å². The fraction of sp³-hybridized carbons (Fsp3) is 0.417. The number of methoxy groups -OCH3 is 1. The Morgan fingerprint density at radius 3 is 2.31 bits per heavy atom. The molecule has 0 saturated heterocycles. The number of carbonyl (C=O) groups is 2. The molecule has 0 spiro atoms. The topological polar surface area (TPSA) is 58.6 Å². The molecule has 8 heteroatoms. The van der Waals surface area contributed by atoms with Crippen molar-refractivity contribution < 1.29 is 14.3 Å². The molecule has 0 heterocycles. The van der Waals surface area contributed by atoms with Crippen LogP contribution in [0.2, 0.25) is 10.0 Å². The summed E-state index contributed by atoms with van der Waals surface area (Å²) < 4.78 is 5.18. The Balaban J connectivity index is 2.15. The van der Waals surface area contributed by atoms with Crippen LogP contribution in [0.4, 0.5) is 0 Å². The highest BCUT2D eigenvalue weighted by Gasteiger charge is 2.29. The van der Waals surface area contributed by atoms with Crippen LogP contribution in [0.3, 0.4) is 0 Å². The van der Waals surface area contributed by atoms with Crippen molar-refractivity contribution in [1.29, 1.82) is 0 Å². The molecule has 0 fully saturated rings. The zero-order valence-corrected chi connectivity index (χ0v) is 21.0. The number of ether oxygens (including phenoxy) is 1. The molecule has 0 unspecified atom stereocenters. The minimum absolute atomic E-state index is 0.127. The lowest BCUT2D eigenvalue weighted by Crippen LogP contribution is -2.49. The summed E-state index contributed by atoms with van der Waals surface area (Å²) in [5.41, 5.74) is 1.74. The molecule has 2 aromatic carbocycles. The molecule has 2 aromatic rings. The van der Waals surface area contributed by atoms with E-state index in [1.165, 1.54) is 11.8 Å². The van der Waals surface area contributed by atoms with E-state index in [4.69, 9.17) is 27.9 Å². The molecule has 0 aliphatic carbocycles. The summed E-state index contributed by atoms with van der Waals surface area (Å²) in [7, 11) is 1.63. The number of carbonyl (C=O) groups excluding carboxylic acids is 2. The molecule has 1 N–H and O–H groups in total. The molecule has 2 rings (SSSR count). The van der Waals surface area contributed by atoms with Gasteiger partial charge in [0.1, 0.15) is 11.8 Å². The Kier molecular flexibility index (Phi) is 11.2. The second-order valence-electron chi connectivity index (χ2n) is 7.28. The van der Waals surface area contributed by atoms with Crippen LogP contribution in [-0.4, -0.2) is 42.2 Å². The van der Waals surface area contributed by atoms with Gasteiger partial charge >= 0.3 is 0 Å². The van der Waals surface area contributed by atoms with Gasteiger partial charge in [-0.2, -0.15) is 0 Å². The van der Waals surface area contributed by atoms with E-state index in [9.17, 15) is 9.59 Å². The Hall–Kier alpha value is -1.89. The van der Waals surface area contributed by atoms with Crippen molar-refractivity contribution in [2.24, 2.45) is 0 Å². The van der Waals surface area contributed by atoms with Crippen LogP contribution in [0, 0.1) is 0 Å². The molecule has 0 aliphatic rings. The zero-order chi connectivity index (χ0) is 23.5. The summed E-state index contributed by atoms with van der Waals surface area (Å²) >= 11 is 14.2. The number of thioether (sulfide) groups is 1. The lowest BCUT2D eigenvalue weighted by Gasteiger charge is -2.31. The van der Waals surface area contributed by atoms with E-state index in [0.717, 1.165) is 17.7 Å². The molecular formula is C24H30Cl2N2O3S. The summed E-state index contributed by atoms with van der Waals surface area (Å²) in [6, 6.07) is 12.4. The van der Waals surface area contributed by atoms with Gasteiger partial charge < -0.3 is 15.0 Å². The summed E-state index contributed by atoms with van der Waals surface area (Å²) in [6.07, 6.45) is 1.32. The maximum atomic E-state index is 13.3. The summed E-state index contributed by atoms with van der Waals surface area (Å²) in [5.74, 6) is 1.42. The van der Waals surface area contributed by atoms with Gasteiger partial charge in [0, 0.05) is 34.5 Å². The predicted molar refractivity (Wildman–Crippen MR) is 134 cm³/mol. The van der Waals surface area contributed by atoms with Gasteiger partial charge in [-0.15, -0.1) is 11.8 Å². The van der Waals surface area contributed by atoms with Gasteiger partial charge in [-0.1, -0.05) is 55.2 Å². The van der Waals surface area contributed by atoms with Crippen LogP contribution < -0.4 is 10.1 Å². The average molecular weight is 497 g/mol. The predicted octanol–water partition coefficient (Wildman–Crippen LogP) is 5.57. The number of amides is 2. The van der Waals surface area contributed by atoms with E-state index in [2.05, 4.69) is 5.32 Å². The summed E-state index contributed by atoms with van der Waals surface area (Å²) in [4.78, 5) is 27.7. The van der Waals surface area contributed by atoms with Gasteiger partial charge in [-0.05, 0) is 42.7 Å². The second kappa shape index (κ2) is 13.6. The number of rotatable bonds is 12. The van der Waals surface area contributed by atoms with Crippen LogP contribution in [0.1, 0.15) is 37.8 Å². The maximum absolute atomic E-state index is 13.3. The van der Waals surface area contributed by atoms with Crippen molar-refractivity contribution in [3.05, 3.63) is 63.6 Å². The number of halogens is 2. The lowest BCUT2D eigenvalue weighted by molar-refractivity contribution is -0.139. The van der Waals surface area contributed by atoms with Crippen molar-refractivity contribution in [2.45, 2.75) is 45.0 Å². The van der Waals surface area contributed by atoms with Gasteiger partial charge in [0.2, 0.25) is 11.8 Å². The van der Waals surface area contributed by atoms with Gasteiger partial charge in [-0.3, -0.25) is 9.59 Å². The highest BCUT2D eigenvalue weighted by molar-refractivity contribution is 7.99. The molecule has 2 amide bonds. The standard InChI is InChI=1S/C24H30Cl2N2O3S/c1-4-13-27-24(30)22(5-2)28(14-19-20(25)7-6-8-21(19)26)23(29)16-32-15-17-9-11-18(31-3)12-10-17/h6-12,22H,4-5,13-16H2,1-3H3,(H,27,30)/t22-/m0/s1. The largest absolute Gasteiger partial charge is 0.497 e. The van der Waals surface area contributed by atoms with Crippen molar-refractivity contribution >= 4 is 46.8 Å². The van der Waals surface area contributed by atoms with Gasteiger partial charge in [-0.25, -0.2) is 0 Å². The molecule has 174 valence electrons.